The maximum absolute atomic E-state index is 14.0. The molecule has 36 heavy (non-hydrogen) atoms. The van der Waals surface area contributed by atoms with Crippen molar-refractivity contribution in [2.24, 2.45) is 0 Å². The molecule has 0 saturated carbocycles. The van der Waals surface area contributed by atoms with Crippen LogP contribution in [-0.4, -0.2) is 22.3 Å². The summed E-state index contributed by atoms with van der Waals surface area (Å²) in [6, 6.07) is 18.0. The third kappa shape index (κ3) is 3.49. The molecule has 0 spiro atoms. The van der Waals surface area contributed by atoms with Crippen molar-refractivity contribution in [2.45, 2.75) is 45.2 Å². The molecule has 0 fully saturated rings. The Morgan fingerprint density at radius 2 is 1.83 bits per heavy atom. The lowest BCUT2D eigenvalue weighted by Gasteiger charge is -2.31. The van der Waals surface area contributed by atoms with Crippen molar-refractivity contribution < 1.29 is 14.3 Å². The summed E-state index contributed by atoms with van der Waals surface area (Å²) in [5.74, 6) is 1.36. The number of benzene rings is 2. The topological polar surface area (TPSA) is 55.7 Å². The van der Waals surface area contributed by atoms with Gasteiger partial charge in [0, 0.05) is 28.4 Å². The monoisotopic (exact) mass is 497 g/mol. The average molecular weight is 498 g/mol. The molecule has 2 aliphatic heterocycles. The predicted octanol–water partition coefficient (Wildman–Crippen LogP) is 6.59. The lowest BCUT2D eigenvalue weighted by Crippen LogP contribution is -2.38. The predicted molar refractivity (Wildman–Crippen MR) is 140 cm³/mol. The molecular formula is C29H27N3O3S. The molecule has 3 aliphatic rings. The van der Waals surface area contributed by atoms with Crippen LogP contribution in [0.25, 0.3) is 5.00 Å². The fourth-order valence-electron chi connectivity index (χ4n) is 5.66. The van der Waals surface area contributed by atoms with Crippen LogP contribution in [-0.2, 0) is 19.4 Å². The van der Waals surface area contributed by atoms with Gasteiger partial charge in [-0.05, 0) is 68.0 Å². The number of anilines is 1. The zero-order chi connectivity index (χ0) is 24.2. The van der Waals surface area contributed by atoms with Crippen molar-refractivity contribution in [2.75, 3.05) is 12.1 Å². The Morgan fingerprint density at radius 3 is 2.72 bits per heavy atom. The summed E-state index contributed by atoms with van der Waals surface area (Å²) in [4.78, 5) is 17.5. The third-order valence-corrected chi connectivity index (χ3v) is 8.79. The number of aryl methyl sites for hydroxylation is 2. The number of urea groups is 1. The Bertz CT molecular complexity index is 1470. The fourth-order valence-corrected chi connectivity index (χ4v) is 7.06. The van der Waals surface area contributed by atoms with Crippen molar-refractivity contribution in [3.8, 4) is 16.5 Å². The zero-order valence-corrected chi connectivity index (χ0v) is 20.9. The molecule has 4 aromatic rings. The number of nitrogens with zero attached hydrogens (tertiary/aromatic N) is 2. The maximum Gasteiger partial charge on any atom is 0.322 e. The van der Waals surface area contributed by atoms with E-state index in [1.807, 2.05) is 34.4 Å². The van der Waals surface area contributed by atoms with E-state index in [4.69, 9.17) is 9.47 Å². The van der Waals surface area contributed by atoms with Crippen molar-refractivity contribution in [1.82, 2.24) is 9.47 Å². The number of aromatic nitrogens is 1. The SMILES string of the molecule is Cc1ccc(C2c3cccn3-c3sc4c(c3CN2C(=O)Nc2ccc3c(c2)OCO3)CCCC4)cc1. The van der Waals surface area contributed by atoms with Crippen molar-refractivity contribution in [3.63, 3.8) is 0 Å². The Kier molecular flexibility index (Phi) is 5.06. The summed E-state index contributed by atoms with van der Waals surface area (Å²) in [6.07, 6.45) is 6.82. The van der Waals surface area contributed by atoms with Gasteiger partial charge in [0.25, 0.3) is 0 Å². The number of fused-ring (bicyclic) bond motifs is 6. The molecule has 4 heterocycles. The van der Waals surface area contributed by atoms with Gasteiger partial charge in [0.1, 0.15) is 5.00 Å². The number of amides is 2. The highest BCUT2D eigenvalue weighted by Crippen LogP contribution is 2.44. The van der Waals surface area contributed by atoms with Gasteiger partial charge in [-0.25, -0.2) is 4.79 Å². The van der Waals surface area contributed by atoms with Gasteiger partial charge < -0.3 is 24.3 Å². The average Bonchev–Trinajstić information content (AvgIpc) is 3.62. The molecule has 0 saturated heterocycles. The highest BCUT2D eigenvalue weighted by Gasteiger charge is 2.36. The molecule has 2 aromatic heterocycles. The first kappa shape index (κ1) is 21.6. The quantitative estimate of drug-likeness (QED) is 0.340. The molecule has 2 aromatic carbocycles. The maximum atomic E-state index is 14.0. The molecular weight excluding hydrogens is 470 g/mol. The second-order valence-electron chi connectivity index (χ2n) is 9.74. The minimum atomic E-state index is -0.214. The van der Waals surface area contributed by atoms with Gasteiger partial charge >= 0.3 is 6.03 Å². The van der Waals surface area contributed by atoms with E-state index in [2.05, 4.69) is 59.4 Å². The van der Waals surface area contributed by atoms with E-state index in [1.54, 1.807) is 0 Å². The number of hydrogen-bond acceptors (Lipinski definition) is 4. The molecule has 0 bridgehead atoms. The van der Waals surface area contributed by atoms with E-state index in [-0.39, 0.29) is 18.9 Å². The Morgan fingerprint density at radius 1 is 1.00 bits per heavy atom. The molecule has 6 nitrogen and oxygen atoms in total. The van der Waals surface area contributed by atoms with Crippen molar-refractivity contribution >= 4 is 23.1 Å². The van der Waals surface area contributed by atoms with E-state index < -0.39 is 0 Å². The van der Waals surface area contributed by atoms with E-state index in [1.165, 1.54) is 39.4 Å². The summed E-state index contributed by atoms with van der Waals surface area (Å²) >= 11 is 1.90. The van der Waals surface area contributed by atoms with Crippen molar-refractivity contribution in [1.29, 1.82) is 0 Å². The number of carbonyl (C=O) groups is 1. The molecule has 0 radical (unpaired) electrons. The van der Waals surface area contributed by atoms with Crippen LogP contribution in [0.3, 0.4) is 0 Å². The van der Waals surface area contributed by atoms with E-state index in [0.29, 0.717) is 23.7 Å². The molecule has 1 N–H and O–H groups in total. The van der Waals surface area contributed by atoms with Gasteiger partial charge in [0.05, 0.1) is 18.3 Å². The third-order valence-electron chi connectivity index (χ3n) is 7.46. The smallest absolute Gasteiger partial charge is 0.322 e. The second kappa shape index (κ2) is 8.45. The minimum absolute atomic E-state index is 0.129. The van der Waals surface area contributed by atoms with E-state index in [0.717, 1.165) is 24.1 Å². The van der Waals surface area contributed by atoms with Crippen molar-refractivity contribution in [3.05, 3.63) is 93.6 Å². The molecule has 182 valence electrons. The van der Waals surface area contributed by atoms with Crippen LogP contribution >= 0.6 is 11.3 Å². The summed E-state index contributed by atoms with van der Waals surface area (Å²) in [5.41, 5.74) is 6.85. The standard InChI is InChI=1S/C29H27N3O3S/c1-18-8-10-19(11-9-18)27-23-6-4-14-31(23)28-22(21-5-2-3-7-26(21)36-28)16-32(27)29(33)30-20-12-13-24-25(15-20)35-17-34-24/h4,6,8-15,27H,2-3,5,7,16-17H2,1H3,(H,30,33). The molecule has 7 rings (SSSR count). The van der Waals surface area contributed by atoms with Gasteiger partial charge in [-0.3, -0.25) is 0 Å². The number of hydrogen-bond donors (Lipinski definition) is 1. The number of nitrogens with one attached hydrogen (secondary N) is 1. The van der Waals surface area contributed by atoms with E-state index in [9.17, 15) is 4.79 Å². The normalized spacial score (nSPS) is 17.7. The molecule has 1 aliphatic carbocycles. The van der Waals surface area contributed by atoms with Crippen LogP contribution < -0.4 is 14.8 Å². The Balaban J connectivity index is 1.34. The van der Waals surface area contributed by atoms with Crippen LogP contribution in [0.5, 0.6) is 11.5 Å². The first-order valence-corrected chi connectivity index (χ1v) is 13.3. The number of rotatable bonds is 2. The molecule has 1 unspecified atom stereocenters. The van der Waals surface area contributed by atoms with Crippen LogP contribution in [0.4, 0.5) is 10.5 Å². The summed E-state index contributed by atoms with van der Waals surface area (Å²) in [5, 5.41) is 4.41. The van der Waals surface area contributed by atoms with Crippen LogP contribution in [0.1, 0.15) is 51.7 Å². The van der Waals surface area contributed by atoms with E-state index >= 15 is 0 Å². The lowest BCUT2D eigenvalue weighted by molar-refractivity contribution is 0.174. The van der Waals surface area contributed by atoms with Gasteiger partial charge in [-0.1, -0.05) is 29.8 Å². The number of carbonyl (C=O) groups excluding carboxylic acids is 1. The first-order chi connectivity index (χ1) is 17.7. The van der Waals surface area contributed by atoms with Gasteiger partial charge in [0.2, 0.25) is 6.79 Å². The molecule has 2 amide bonds. The number of ether oxygens (including phenoxy) is 2. The fraction of sp³-hybridized carbons (Fsp3) is 0.276. The molecule has 7 heteroatoms. The second-order valence-corrected chi connectivity index (χ2v) is 10.8. The minimum Gasteiger partial charge on any atom is -0.454 e. The summed E-state index contributed by atoms with van der Waals surface area (Å²) in [6.45, 7) is 2.86. The van der Waals surface area contributed by atoms with Crippen LogP contribution in [0.15, 0.2) is 60.8 Å². The number of thiophene rings is 1. The highest BCUT2D eigenvalue weighted by atomic mass is 32.1. The van der Waals surface area contributed by atoms with Crippen LogP contribution in [0, 0.1) is 6.92 Å². The first-order valence-electron chi connectivity index (χ1n) is 12.5. The van der Waals surface area contributed by atoms with Gasteiger partial charge in [-0.15, -0.1) is 11.3 Å². The van der Waals surface area contributed by atoms with Crippen LogP contribution in [0.2, 0.25) is 0 Å². The Hall–Kier alpha value is -3.71. The molecule has 1 atom stereocenters. The largest absolute Gasteiger partial charge is 0.454 e. The van der Waals surface area contributed by atoms with Gasteiger partial charge in [0.15, 0.2) is 11.5 Å². The Labute approximate surface area is 214 Å². The highest BCUT2D eigenvalue weighted by molar-refractivity contribution is 7.15. The summed E-state index contributed by atoms with van der Waals surface area (Å²) in [7, 11) is 0. The zero-order valence-electron chi connectivity index (χ0n) is 20.1. The van der Waals surface area contributed by atoms with Gasteiger partial charge in [-0.2, -0.15) is 0 Å². The summed E-state index contributed by atoms with van der Waals surface area (Å²) < 4.78 is 13.3. The lowest BCUT2D eigenvalue weighted by atomic mass is 9.95.